The third-order valence-electron chi connectivity index (χ3n) is 9.81. The van der Waals surface area contributed by atoms with Gasteiger partial charge in [0.1, 0.15) is 5.78 Å². The number of carbonyl (C=O) groups is 4. The molecule has 5 rings (SSSR count). The summed E-state index contributed by atoms with van der Waals surface area (Å²) in [5.41, 5.74) is -1.12. The van der Waals surface area contributed by atoms with Gasteiger partial charge in [0.05, 0.1) is 5.03 Å². The zero-order chi connectivity index (χ0) is 21.8. The minimum absolute atomic E-state index is 0.0612. The van der Waals surface area contributed by atoms with Gasteiger partial charge in [0.2, 0.25) is 0 Å². The maximum Gasteiger partial charge on any atom is 0.303 e. The summed E-state index contributed by atoms with van der Waals surface area (Å²) in [6, 6.07) is 0. The molecule has 0 spiro atoms. The lowest BCUT2D eigenvalue weighted by Gasteiger charge is -2.58. The van der Waals surface area contributed by atoms with Crippen molar-refractivity contribution in [1.82, 2.24) is 0 Å². The fourth-order valence-corrected chi connectivity index (χ4v) is 8.68. The smallest absolute Gasteiger partial charge is 0.303 e. The highest BCUT2D eigenvalue weighted by molar-refractivity contribution is 6.43. The van der Waals surface area contributed by atoms with E-state index in [1.165, 1.54) is 13.8 Å². The molecule has 4 fully saturated rings. The Hall–Kier alpha value is -1.49. The molecule has 5 nitrogen and oxygen atoms in total. The highest BCUT2D eigenvalue weighted by atomic mass is 35.5. The quantitative estimate of drug-likeness (QED) is 0.616. The van der Waals surface area contributed by atoms with Crippen LogP contribution in [0.4, 0.5) is 0 Å². The fraction of sp³-hybridized carbons (Fsp3) is 0.750. The Morgan fingerprint density at radius 2 is 1.70 bits per heavy atom. The number of Topliss-reactive ketones (excluding diaryl/α,β-unsaturated/α-hetero) is 3. The van der Waals surface area contributed by atoms with Crippen LogP contribution >= 0.6 is 11.6 Å². The van der Waals surface area contributed by atoms with Crippen LogP contribution in [0.15, 0.2) is 10.6 Å². The Kier molecular flexibility index (Phi) is 4.12. The standard InChI is InChI=1S/C24H29ClO5/c1-11(26)24(30-12(2)27)8-6-14-19-15(5-7-22(14,24)3)23(4)16-9-13(16)18(28)10-17(23)20(25)21(19)29/h13-16,19H,5-10H2,1-4H3/t13-,14?,15?,16?,19?,22+,23+,24+/m1/s1. The van der Waals surface area contributed by atoms with E-state index in [9.17, 15) is 19.2 Å². The zero-order valence-corrected chi connectivity index (χ0v) is 18.8. The van der Waals surface area contributed by atoms with Crippen molar-refractivity contribution in [1.29, 1.82) is 0 Å². The molecule has 0 bridgehead atoms. The molecule has 162 valence electrons. The molecule has 4 saturated carbocycles. The number of ether oxygens (including phenoxy) is 1. The Morgan fingerprint density at radius 1 is 1.03 bits per heavy atom. The molecule has 6 heteroatoms. The van der Waals surface area contributed by atoms with Crippen molar-refractivity contribution < 1.29 is 23.9 Å². The van der Waals surface area contributed by atoms with Crippen molar-refractivity contribution in [2.45, 2.75) is 71.8 Å². The van der Waals surface area contributed by atoms with Crippen molar-refractivity contribution >= 4 is 34.9 Å². The molecule has 0 aliphatic heterocycles. The Bertz CT molecular complexity index is 936. The topological polar surface area (TPSA) is 77.5 Å². The number of rotatable bonds is 2. The Labute approximate surface area is 181 Å². The molecule has 4 unspecified atom stereocenters. The second-order valence-electron chi connectivity index (χ2n) is 10.7. The highest BCUT2D eigenvalue weighted by Gasteiger charge is 2.72. The number of carbonyl (C=O) groups excluding carboxylic acids is 4. The molecule has 0 N–H and O–H groups in total. The number of hydrogen-bond donors (Lipinski definition) is 0. The first-order valence-electron chi connectivity index (χ1n) is 11.2. The predicted octanol–water partition coefficient (Wildman–Crippen LogP) is 4.01. The molecular weight excluding hydrogens is 404 g/mol. The summed E-state index contributed by atoms with van der Waals surface area (Å²) < 4.78 is 5.76. The molecule has 0 aromatic rings. The van der Waals surface area contributed by atoms with Gasteiger partial charge in [-0.2, -0.15) is 0 Å². The van der Waals surface area contributed by atoms with Crippen molar-refractivity contribution in [2.24, 2.45) is 40.4 Å². The van der Waals surface area contributed by atoms with E-state index in [2.05, 4.69) is 6.92 Å². The van der Waals surface area contributed by atoms with Gasteiger partial charge in [0.15, 0.2) is 17.2 Å². The van der Waals surface area contributed by atoms with E-state index in [0.29, 0.717) is 19.3 Å². The third-order valence-corrected chi connectivity index (χ3v) is 10.2. The van der Waals surface area contributed by atoms with Crippen LogP contribution in [0.5, 0.6) is 0 Å². The van der Waals surface area contributed by atoms with Gasteiger partial charge in [-0.15, -0.1) is 0 Å². The molecule has 0 heterocycles. The molecule has 30 heavy (non-hydrogen) atoms. The van der Waals surface area contributed by atoms with Crippen molar-refractivity contribution in [3.05, 3.63) is 10.6 Å². The summed E-state index contributed by atoms with van der Waals surface area (Å²) in [4.78, 5) is 50.8. The van der Waals surface area contributed by atoms with E-state index in [0.717, 1.165) is 24.8 Å². The van der Waals surface area contributed by atoms with Gasteiger partial charge >= 0.3 is 5.97 Å². The van der Waals surface area contributed by atoms with E-state index in [1.54, 1.807) is 0 Å². The van der Waals surface area contributed by atoms with E-state index in [1.807, 2.05) is 6.92 Å². The predicted molar refractivity (Wildman–Crippen MR) is 109 cm³/mol. The van der Waals surface area contributed by atoms with Crippen molar-refractivity contribution in [3.8, 4) is 0 Å². The molecule has 8 atom stereocenters. The number of esters is 1. The van der Waals surface area contributed by atoms with E-state index in [4.69, 9.17) is 16.3 Å². The van der Waals surface area contributed by atoms with E-state index >= 15 is 0 Å². The van der Waals surface area contributed by atoms with Crippen LogP contribution in [0, 0.1) is 40.4 Å². The summed E-state index contributed by atoms with van der Waals surface area (Å²) in [6.07, 6.45) is 3.82. The van der Waals surface area contributed by atoms with Crippen LogP contribution in [0.3, 0.4) is 0 Å². The average molecular weight is 433 g/mol. The monoisotopic (exact) mass is 432 g/mol. The van der Waals surface area contributed by atoms with Crippen molar-refractivity contribution in [2.75, 3.05) is 0 Å². The zero-order valence-electron chi connectivity index (χ0n) is 18.0. The second-order valence-corrected chi connectivity index (χ2v) is 11.1. The van der Waals surface area contributed by atoms with Gasteiger partial charge in [-0.3, -0.25) is 19.2 Å². The summed E-state index contributed by atoms with van der Waals surface area (Å²) in [7, 11) is 0. The SMILES string of the molecule is CC(=O)O[C@]1(C(C)=O)CCC2C3C(=O)C(Cl)=C4CC(=O)[C@@H]5CC5[C@]4(C)C3CC[C@@]21C. The number of fused-ring (bicyclic) bond motifs is 7. The fourth-order valence-electron chi connectivity index (χ4n) is 8.28. The largest absolute Gasteiger partial charge is 0.451 e. The van der Waals surface area contributed by atoms with Crippen LogP contribution in [-0.2, 0) is 23.9 Å². The van der Waals surface area contributed by atoms with Crippen LogP contribution < -0.4 is 0 Å². The molecule has 0 amide bonds. The maximum absolute atomic E-state index is 13.6. The highest BCUT2D eigenvalue weighted by Crippen LogP contribution is 2.72. The first kappa shape index (κ1) is 20.4. The van der Waals surface area contributed by atoms with Crippen LogP contribution in [0.1, 0.15) is 66.2 Å². The van der Waals surface area contributed by atoms with Crippen LogP contribution in [-0.4, -0.2) is 28.9 Å². The lowest BCUT2D eigenvalue weighted by molar-refractivity contribution is -0.187. The first-order chi connectivity index (χ1) is 14.0. The average Bonchev–Trinajstić information content (AvgIpc) is 3.43. The number of halogens is 1. The normalized spacial score (nSPS) is 49.0. The maximum atomic E-state index is 13.6. The lowest BCUT2D eigenvalue weighted by atomic mass is 9.46. The Balaban J connectivity index is 1.61. The lowest BCUT2D eigenvalue weighted by Crippen LogP contribution is -2.60. The number of ketones is 3. The summed E-state index contributed by atoms with van der Waals surface area (Å²) in [6.45, 7) is 7.09. The molecule has 0 radical (unpaired) electrons. The Morgan fingerprint density at radius 3 is 2.33 bits per heavy atom. The van der Waals surface area contributed by atoms with Gasteiger partial charge in [0.25, 0.3) is 0 Å². The molecule has 5 aliphatic rings. The minimum atomic E-state index is -1.17. The van der Waals surface area contributed by atoms with Crippen molar-refractivity contribution in [3.63, 3.8) is 0 Å². The third kappa shape index (κ3) is 2.20. The molecule has 0 aromatic heterocycles. The summed E-state index contributed by atoms with van der Waals surface area (Å²) in [5, 5.41) is 0.259. The molecule has 0 saturated heterocycles. The van der Waals surface area contributed by atoms with Crippen LogP contribution in [0.25, 0.3) is 0 Å². The van der Waals surface area contributed by atoms with Gasteiger partial charge in [-0.1, -0.05) is 25.4 Å². The number of hydrogen-bond acceptors (Lipinski definition) is 5. The number of allylic oxidation sites excluding steroid dienone is 2. The summed E-state index contributed by atoms with van der Waals surface area (Å²) in [5.74, 6) is -0.255. The molecule has 5 aliphatic carbocycles. The van der Waals surface area contributed by atoms with Gasteiger partial charge < -0.3 is 4.74 Å². The summed E-state index contributed by atoms with van der Waals surface area (Å²) >= 11 is 6.68. The van der Waals surface area contributed by atoms with Crippen LogP contribution in [0.2, 0.25) is 0 Å². The second kappa shape index (κ2) is 6.05. The van der Waals surface area contributed by atoms with E-state index in [-0.39, 0.29) is 57.4 Å². The van der Waals surface area contributed by atoms with Gasteiger partial charge in [0, 0.05) is 30.6 Å². The molecule has 0 aromatic carbocycles. The van der Waals surface area contributed by atoms with E-state index < -0.39 is 17.0 Å². The molecular formula is C24H29ClO5. The minimum Gasteiger partial charge on any atom is -0.451 e. The van der Waals surface area contributed by atoms with Gasteiger partial charge in [-0.25, -0.2) is 0 Å². The van der Waals surface area contributed by atoms with Gasteiger partial charge in [-0.05, 0) is 67.8 Å². The first-order valence-corrected chi connectivity index (χ1v) is 11.5.